The van der Waals surface area contributed by atoms with Crippen molar-refractivity contribution >= 4 is 18.3 Å². The Labute approximate surface area is 109 Å². The highest BCUT2D eigenvalue weighted by Gasteiger charge is 2.23. The van der Waals surface area contributed by atoms with Crippen molar-refractivity contribution in [1.82, 2.24) is 10.2 Å². The molecule has 100 valence electrons. The van der Waals surface area contributed by atoms with E-state index in [1.807, 2.05) is 4.90 Å². The number of piperidine rings is 1. The molecule has 2 fully saturated rings. The zero-order valence-electron chi connectivity index (χ0n) is 10.5. The number of halogens is 1. The second-order valence-corrected chi connectivity index (χ2v) is 4.89. The van der Waals surface area contributed by atoms with Crippen LogP contribution in [0.15, 0.2) is 0 Å². The second-order valence-electron chi connectivity index (χ2n) is 4.89. The summed E-state index contributed by atoms with van der Waals surface area (Å²) in [5, 5.41) is 3.25. The van der Waals surface area contributed by atoms with Crippen LogP contribution in [0.25, 0.3) is 0 Å². The van der Waals surface area contributed by atoms with Crippen LogP contribution < -0.4 is 5.32 Å². The number of rotatable bonds is 5. The van der Waals surface area contributed by atoms with Crippen LogP contribution in [-0.4, -0.2) is 50.2 Å². The molecular formula is C12H23ClN2O2. The summed E-state index contributed by atoms with van der Waals surface area (Å²) in [4.78, 5) is 13.8. The molecule has 4 nitrogen and oxygen atoms in total. The van der Waals surface area contributed by atoms with E-state index in [4.69, 9.17) is 4.74 Å². The van der Waals surface area contributed by atoms with Gasteiger partial charge in [0.05, 0.1) is 12.6 Å². The molecule has 0 spiro atoms. The molecule has 0 aromatic carbocycles. The maximum Gasteiger partial charge on any atom is 0.236 e. The van der Waals surface area contributed by atoms with E-state index in [2.05, 4.69) is 5.32 Å². The third-order valence-corrected chi connectivity index (χ3v) is 3.53. The molecule has 1 N–H and O–H groups in total. The van der Waals surface area contributed by atoms with Crippen LogP contribution in [0.4, 0.5) is 0 Å². The summed E-state index contributed by atoms with van der Waals surface area (Å²) in [5.41, 5.74) is 0. The molecule has 1 heterocycles. The molecule has 1 aliphatic heterocycles. The maximum absolute atomic E-state index is 11.8. The summed E-state index contributed by atoms with van der Waals surface area (Å²) in [7, 11) is 1.75. The van der Waals surface area contributed by atoms with Gasteiger partial charge in [0.15, 0.2) is 0 Å². The Hall–Kier alpha value is -0.320. The fraction of sp³-hybridized carbons (Fsp3) is 0.917. The Morgan fingerprint density at radius 1 is 1.29 bits per heavy atom. The van der Waals surface area contributed by atoms with Gasteiger partial charge in [-0.25, -0.2) is 0 Å². The lowest BCUT2D eigenvalue weighted by Gasteiger charge is -2.31. The molecule has 1 aliphatic carbocycles. The molecule has 0 bridgehead atoms. The topological polar surface area (TPSA) is 41.6 Å². The Balaban J connectivity index is 0.00000144. The van der Waals surface area contributed by atoms with Crippen LogP contribution in [0.1, 0.15) is 25.7 Å². The molecule has 0 atom stereocenters. The normalized spacial score (nSPS) is 21.1. The third kappa shape index (κ3) is 4.82. The average Bonchev–Trinajstić information content (AvgIpc) is 3.13. The predicted octanol–water partition coefficient (Wildman–Crippen LogP) is 1.05. The van der Waals surface area contributed by atoms with Crippen molar-refractivity contribution in [2.75, 3.05) is 33.3 Å². The van der Waals surface area contributed by atoms with Crippen LogP contribution in [-0.2, 0) is 9.53 Å². The van der Waals surface area contributed by atoms with E-state index >= 15 is 0 Å². The van der Waals surface area contributed by atoms with E-state index in [1.165, 1.54) is 12.8 Å². The number of hydrogen-bond donors (Lipinski definition) is 1. The number of hydrogen-bond acceptors (Lipinski definition) is 3. The van der Waals surface area contributed by atoms with Crippen LogP contribution in [0.2, 0.25) is 0 Å². The molecule has 2 rings (SSSR count). The van der Waals surface area contributed by atoms with Crippen molar-refractivity contribution in [3.05, 3.63) is 0 Å². The van der Waals surface area contributed by atoms with Crippen LogP contribution in [0, 0.1) is 5.92 Å². The Kier molecular flexibility index (Phi) is 6.23. The lowest BCUT2D eigenvalue weighted by Crippen LogP contribution is -2.44. The van der Waals surface area contributed by atoms with E-state index in [1.54, 1.807) is 7.11 Å². The quantitative estimate of drug-likeness (QED) is 0.805. The Bertz CT molecular complexity index is 239. The first-order valence-electron chi connectivity index (χ1n) is 6.31. The molecule has 1 saturated heterocycles. The zero-order valence-corrected chi connectivity index (χ0v) is 11.3. The summed E-state index contributed by atoms with van der Waals surface area (Å²) >= 11 is 0. The first-order valence-corrected chi connectivity index (χ1v) is 6.31. The van der Waals surface area contributed by atoms with E-state index in [-0.39, 0.29) is 18.3 Å². The molecule has 2 aliphatic rings. The SMILES string of the molecule is COC1CCN(C(=O)CNCC2CC2)CC1.Cl. The van der Waals surface area contributed by atoms with Gasteiger partial charge in [-0.2, -0.15) is 0 Å². The van der Waals surface area contributed by atoms with Crippen molar-refractivity contribution in [2.24, 2.45) is 5.92 Å². The number of ether oxygens (including phenoxy) is 1. The molecule has 0 unspecified atom stereocenters. The largest absolute Gasteiger partial charge is 0.381 e. The molecule has 0 radical (unpaired) electrons. The Morgan fingerprint density at radius 3 is 2.47 bits per heavy atom. The average molecular weight is 263 g/mol. The summed E-state index contributed by atoms with van der Waals surface area (Å²) in [5.74, 6) is 1.09. The van der Waals surface area contributed by atoms with Gasteiger partial charge in [-0.05, 0) is 38.1 Å². The van der Waals surface area contributed by atoms with Crippen LogP contribution in [0.3, 0.4) is 0 Å². The molecule has 5 heteroatoms. The third-order valence-electron chi connectivity index (χ3n) is 3.53. The first kappa shape index (κ1) is 14.7. The lowest BCUT2D eigenvalue weighted by molar-refractivity contribution is -0.132. The number of methoxy groups -OCH3 is 1. The second kappa shape index (κ2) is 7.19. The van der Waals surface area contributed by atoms with E-state index < -0.39 is 0 Å². The van der Waals surface area contributed by atoms with Crippen molar-refractivity contribution < 1.29 is 9.53 Å². The maximum atomic E-state index is 11.8. The van der Waals surface area contributed by atoms with E-state index in [9.17, 15) is 4.79 Å². The molecule has 1 saturated carbocycles. The smallest absolute Gasteiger partial charge is 0.236 e. The van der Waals surface area contributed by atoms with Gasteiger partial charge >= 0.3 is 0 Å². The van der Waals surface area contributed by atoms with Crippen molar-refractivity contribution in [3.8, 4) is 0 Å². The highest BCUT2D eigenvalue weighted by atomic mass is 35.5. The molecule has 1 amide bonds. The number of nitrogens with one attached hydrogen (secondary N) is 1. The summed E-state index contributed by atoms with van der Waals surface area (Å²) in [6.07, 6.45) is 4.97. The van der Waals surface area contributed by atoms with Gasteiger partial charge in [0.25, 0.3) is 0 Å². The fourth-order valence-electron chi connectivity index (χ4n) is 2.16. The lowest BCUT2D eigenvalue weighted by atomic mass is 10.1. The number of likely N-dealkylation sites (tertiary alicyclic amines) is 1. The number of amides is 1. The fourth-order valence-corrected chi connectivity index (χ4v) is 2.16. The highest BCUT2D eigenvalue weighted by molar-refractivity contribution is 5.85. The van der Waals surface area contributed by atoms with Gasteiger partial charge in [0, 0.05) is 20.2 Å². The van der Waals surface area contributed by atoms with Gasteiger partial charge in [-0.15, -0.1) is 12.4 Å². The van der Waals surface area contributed by atoms with Crippen molar-refractivity contribution in [2.45, 2.75) is 31.8 Å². The van der Waals surface area contributed by atoms with Crippen molar-refractivity contribution in [1.29, 1.82) is 0 Å². The zero-order chi connectivity index (χ0) is 11.4. The van der Waals surface area contributed by atoms with Gasteiger partial charge in [0.2, 0.25) is 5.91 Å². The number of carbonyl (C=O) groups excluding carboxylic acids is 1. The monoisotopic (exact) mass is 262 g/mol. The number of nitrogens with zero attached hydrogens (tertiary/aromatic N) is 1. The number of carbonyl (C=O) groups is 1. The minimum absolute atomic E-state index is 0. The molecule has 0 aromatic heterocycles. The molecule has 0 aromatic rings. The van der Waals surface area contributed by atoms with Crippen molar-refractivity contribution in [3.63, 3.8) is 0 Å². The summed E-state index contributed by atoms with van der Waals surface area (Å²) < 4.78 is 5.29. The van der Waals surface area contributed by atoms with E-state index in [0.29, 0.717) is 12.6 Å². The van der Waals surface area contributed by atoms with Gasteiger partial charge in [0.1, 0.15) is 0 Å². The highest BCUT2D eigenvalue weighted by Crippen LogP contribution is 2.27. The molecular weight excluding hydrogens is 240 g/mol. The van der Waals surface area contributed by atoms with Gasteiger partial charge in [-0.3, -0.25) is 4.79 Å². The van der Waals surface area contributed by atoms with Crippen LogP contribution in [0.5, 0.6) is 0 Å². The minimum Gasteiger partial charge on any atom is -0.381 e. The summed E-state index contributed by atoms with van der Waals surface area (Å²) in [6.45, 7) is 3.22. The van der Waals surface area contributed by atoms with E-state index in [0.717, 1.165) is 38.4 Å². The standard InChI is InChI=1S/C12H22N2O2.ClH/c1-16-11-4-6-14(7-5-11)12(15)9-13-8-10-2-3-10;/h10-11,13H,2-9H2,1H3;1H. The Morgan fingerprint density at radius 2 is 1.94 bits per heavy atom. The van der Waals surface area contributed by atoms with Crippen LogP contribution >= 0.6 is 12.4 Å². The summed E-state index contributed by atoms with van der Waals surface area (Å²) in [6, 6.07) is 0. The molecule has 17 heavy (non-hydrogen) atoms. The van der Waals surface area contributed by atoms with Gasteiger partial charge < -0.3 is 15.0 Å². The first-order chi connectivity index (χ1) is 7.79. The van der Waals surface area contributed by atoms with Gasteiger partial charge in [-0.1, -0.05) is 0 Å². The minimum atomic E-state index is 0. The predicted molar refractivity (Wildman–Crippen MR) is 69.5 cm³/mol.